The summed E-state index contributed by atoms with van der Waals surface area (Å²) in [4.78, 5) is 27.8. The molecule has 0 aromatic carbocycles. The van der Waals surface area contributed by atoms with Crippen molar-refractivity contribution in [2.24, 2.45) is 5.92 Å². The first-order chi connectivity index (χ1) is 12.0. The van der Waals surface area contributed by atoms with Gasteiger partial charge in [0.1, 0.15) is 12.3 Å². The molecule has 0 bridgehead atoms. The van der Waals surface area contributed by atoms with Crippen molar-refractivity contribution in [3.63, 3.8) is 0 Å². The molecule has 0 N–H and O–H groups in total. The Hall–Kier alpha value is -1.05. The zero-order chi connectivity index (χ0) is 19.9. The van der Waals surface area contributed by atoms with Crippen LogP contribution >= 0.6 is 11.8 Å². The number of carbonyl (C=O) groups excluding carboxylic acids is 2. The molecular formula is C19H31NO4SSi. The molecule has 0 unspecified atom stereocenters. The molecule has 7 heteroatoms. The Labute approximate surface area is 162 Å². The van der Waals surface area contributed by atoms with Gasteiger partial charge in [0, 0.05) is 11.3 Å². The molecule has 3 atom stereocenters. The molecular weight excluding hydrogens is 366 g/mol. The highest BCUT2D eigenvalue weighted by Gasteiger charge is 2.58. The van der Waals surface area contributed by atoms with Crippen LogP contribution in [0.4, 0.5) is 0 Å². The molecule has 5 nitrogen and oxygen atoms in total. The molecule has 1 fully saturated rings. The van der Waals surface area contributed by atoms with E-state index in [1.165, 1.54) is 17.8 Å². The zero-order valence-electron chi connectivity index (χ0n) is 16.9. The van der Waals surface area contributed by atoms with Crippen molar-refractivity contribution >= 4 is 32.0 Å². The number of β-lactam (4-membered cyclic amide) rings is 1. The first kappa shape index (κ1) is 21.2. The Morgan fingerprint density at radius 1 is 1.46 bits per heavy atom. The van der Waals surface area contributed by atoms with Crippen LogP contribution in [-0.4, -0.2) is 50.1 Å². The van der Waals surface area contributed by atoms with Crippen LogP contribution in [0.5, 0.6) is 0 Å². The first-order valence-corrected chi connectivity index (χ1v) is 13.2. The van der Waals surface area contributed by atoms with Crippen molar-refractivity contribution in [1.82, 2.24) is 4.90 Å². The predicted octanol–water partition coefficient (Wildman–Crippen LogP) is 3.93. The summed E-state index contributed by atoms with van der Waals surface area (Å²) in [5, 5.41) is 0.0890. The van der Waals surface area contributed by atoms with Crippen molar-refractivity contribution in [1.29, 1.82) is 0 Å². The summed E-state index contributed by atoms with van der Waals surface area (Å²) < 4.78 is 11.6. The number of carbonyl (C=O) groups is 2. The summed E-state index contributed by atoms with van der Waals surface area (Å²) in [5.41, 5.74) is 0.408. The van der Waals surface area contributed by atoms with E-state index in [2.05, 4.69) is 40.4 Å². The summed E-state index contributed by atoms with van der Waals surface area (Å²) >= 11 is 1.51. The second-order valence-corrected chi connectivity index (χ2v) is 14.1. The highest BCUT2D eigenvalue weighted by Crippen LogP contribution is 2.48. The fraction of sp³-hybridized carbons (Fsp3) is 0.684. The predicted molar refractivity (Wildman–Crippen MR) is 108 cm³/mol. The lowest BCUT2D eigenvalue weighted by atomic mass is 9.83. The number of rotatable bonds is 7. The van der Waals surface area contributed by atoms with Gasteiger partial charge in [-0.05, 0) is 31.3 Å². The molecule has 1 saturated heterocycles. The van der Waals surface area contributed by atoms with E-state index in [0.29, 0.717) is 12.1 Å². The Morgan fingerprint density at radius 3 is 2.58 bits per heavy atom. The van der Waals surface area contributed by atoms with Crippen molar-refractivity contribution in [3.05, 3.63) is 23.3 Å². The topological polar surface area (TPSA) is 55.8 Å². The number of esters is 1. The first-order valence-electron chi connectivity index (χ1n) is 9.02. The molecule has 0 spiro atoms. The summed E-state index contributed by atoms with van der Waals surface area (Å²) in [6, 6.07) is -0.00370. The van der Waals surface area contributed by atoms with E-state index in [0.717, 1.165) is 4.91 Å². The van der Waals surface area contributed by atoms with E-state index in [9.17, 15) is 9.59 Å². The zero-order valence-corrected chi connectivity index (χ0v) is 18.7. The van der Waals surface area contributed by atoms with Gasteiger partial charge in [0.2, 0.25) is 5.91 Å². The number of hydrogen-bond acceptors (Lipinski definition) is 5. The van der Waals surface area contributed by atoms with E-state index >= 15 is 0 Å². The van der Waals surface area contributed by atoms with Crippen molar-refractivity contribution in [2.45, 2.75) is 64.4 Å². The molecule has 146 valence electrons. The Bertz CT molecular complexity index is 638. The van der Waals surface area contributed by atoms with E-state index < -0.39 is 14.3 Å². The molecule has 2 rings (SSSR count). The van der Waals surface area contributed by atoms with Gasteiger partial charge < -0.3 is 14.1 Å². The highest BCUT2D eigenvalue weighted by molar-refractivity contribution is 8.02. The Balaban J connectivity index is 2.14. The van der Waals surface area contributed by atoms with Crippen molar-refractivity contribution in [3.8, 4) is 0 Å². The third-order valence-corrected chi connectivity index (χ3v) is 11.2. The van der Waals surface area contributed by atoms with Gasteiger partial charge in [0.05, 0.1) is 18.1 Å². The number of nitrogens with zero attached hydrogens (tertiary/aromatic N) is 1. The highest BCUT2D eigenvalue weighted by atomic mass is 32.2. The van der Waals surface area contributed by atoms with Crippen LogP contribution in [0.3, 0.4) is 0 Å². The largest absolute Gasteiger partial charge is 0.457 e. The maximum Gasteiger partial charge on any atom is 0.356 e. The van der Waals surface area contributed by atoms with Gasteiger partial charge >= 0.3 is 5.97 Å². The molecule has 0 aromatic rings. The third kappa shape index (κ3) is 3.66. The Kier molecular flexibility index (Phi) is 6.15. The van der Waals surface area contributed by atoms with Gasteiger partial charge in [-0.15, -0.1) is 11.8 Å². The number of hydrogen-bond donors (Lipinski definition) is 0. The maximum absolute atomic E-state index is 12.9. The lowest BCUT2D eigenvalue weighted by Gasteiger charge is -2.48. The van der Waals surface area contributed by atoms with Crippen LogP contribution in [0.25, 0.3) is 0 Å². The Morgan fingerprint density at radius 2 is 2.08 bits per heavy atom. The van der Waals surface area contributed by atoms with E-state index in [1.54, 1.807) is 4.90 Å². The molecule has 26 heavy (non-hydrogen) atoms. The summed E-state index contributed by atoms with van der Waals surface area (Å²) in [5.74, 6) is -0.673. The molecule has 0 radical (unpaired) electrons. The molecule has 0 aromatic heterocycles. The van der Waals surface area contributed by atoms with Gasteiger partial charge in [0.15, 0.2) is 8.32 Å². The number of fused-ring (bicyclic) bond motifs is 1. The van der Waals surface area contributed by atoms with Crippen LogP contribution in [0.15, 0.2) is 23.3 Å². The molecule has 2 heterocycles. The van der Waals surface area contributed by atoms with E-state index in [-0.39, 0.29) is 35.6 Å². The maximum atomic E-state index is 12.9. The second kappa shape index (κ2) is 7.52. The van der Waals surface area contributed by atoms with Gasteiger partial charge in [0.25, 0.3) is 0 Å². The lowest BCUT2D eigenvalue weighted by Crippen LogP contribution is -2.63. The average Bonchev–Trinajstić information content (AvgIpc) is 2.85. The fourth-order valence-electron chi connectivity index (χ4n) is 3.31. The number of ether oxygens (including phenoxy) is 1. The molecule has 0 saturated carbocycles. The second-order valence-electron chi connectivity index (χ2n) is 8.45. The average molecular weight is 398 g/mol. The molecule has 2 aliphatic rings. The van der Waals surface area contributed by atoms with Crippen LogP contribution < -0.4 is 0 Å². The molecule has 1 amide bonds. The standard InChI is InChI=1S/C19H31NO4SSi/c1-9-10-23-18(22)16-14(25-6)11-13-15(17(21)20(13)16)12(2)24-26(7,8)19(3,4)5/h9,12-13,15H,1,10-11H2,2-8H3/t12-,13-,15-/m1/s1. The third-order valence-electron chi connectivity index (χ3n) is 5.73. The quantitative estimate of drug-likeness (QED) is 0.282. The van der Waals surface area contributed by atoms with Crippen LogP contribution in [-0.2, 0) is 18.8 Å². The minimum Gasteiger partial charge on any atom is -0.457 e. The molecule has 2 aliphatic heterocycles. The number of amides is 1. The van der Waals surface area contributed by atoms with Crippen LogP contribution in [0, 0.1) is 5.92 Å². The van der Waals surface area contributed by atoms with Crippen LogP contribution in [0.2, 0.25) is 18.1 Å². The molecule has 0 aliphatic carbocycles. The summed E-state index contributed by atoms with van der Waals surface area (Å²) in [6.07, 6.45) is 3.99. The normalized spacial score (nSPS) is 24.3. The van der Waals surface area contributed by atoms with Gasteiger partial charge in [-0.3, -0.25) is 4.79 Å². The smallest absolute Gasteiger partial charge is 0.356 e. The van der Waals surface area contributed by atoms with Crippen molar-refractivity contribution < 1.29 is 18.8 Å². The minimum absolute atomic E-state index is 0.00370. The minimum atomic E-state index is -1.96. The van der Waals surface area contributed by atoms with Gasteiger partial charge in [-0.2, -0.15) is 0 Å². The number of thioether (sulfide) groups is 1. The van der Waals surface area contributed by atoms with E-state index in [4.69, 9.17) is 9.16 Å². The van der Waals surface area contributed by atoms with Gasteiger partial charge in [-0.25, -0.2) is 4.79 Å². The fourth-order valence-corrected chi connectivity index (χ4v) is 5.45. The summed E-state index contributed by atoms with van der Waals surface area (Å²) in [6.45, 7) is 16.7. The lowest BCUT2D eigenvalue weighted by molar-refractivity contribution is -0.161. The summed E-state index contributed by atoms with van der Waals surface area (Å²) in [7, 11) is -1.96. The monoisotopic (exact) mass is 397 g/mol. The van der Waals surface area contributed by atoms with E-state index in [1.807, 2.05) is 13.2 Å². The van der Waals surface area contributed by atoms with Crippen molar-refractivity contribution in [2.75, 3.05) is 12.9 Å². The van der Waals surface area contributed by atoms with Crippen LogP contribution in [0.1, 0.15) is 34.1 Å². The van der Waals surface area contributed by atoms with Gasteiger partial charge in [-0.1, -0.05) is 33.4 Å². The SMILES string of the molecule is C=CCOC(=O)C1=C(SC)C[C@@H]2[C@@H]([C@@H](C)O[Si](C)(C)C(C)(C)C)C(=O)N12.